The highest BCUT2D eigenvalue weighted by molar-refractivity contribution is 7.18. The molecule has 0 saturated carbocycles. The van der Waals surface area contributed by atoms with Crippen molar-refractivity contribution in [3.05, 3.63) is 16.0 Å². The van der Waals surface area contributed by atoms with Crippen LogP contribution in [0.3, 0.4) is 0 Å². The molecule has 0 amide bonds. The number of nitrogens with zero attached hydrogens (tertiary/aromatic N) is 2. The first-order valence-electron chi connectivity index (χ1n) is 5.50. The predicted octanol–water partition coefficient (Wildman–Crippen LogP) is 2.80. The third-order valence-corrected chi connectivity index (χ3v) is 3.29. The summed E-state index contributed by atoms with van der Waals surface area (Å²) in [6, 6.07) is 2.04. The molecule has 1 aromatic rings. The van der Waals surface area contributed by atoms with Crippen LogP contribution in [0.2, 0.25) is 0 Å². The second-order valence-electron chi connectivity index (χ2n) is 3.26. The van der Waals surface area contributed by atoms with Gasteiger partial charge in [-0.25, -0.2) is 9.79 Å². The van der Waals surface area contributed by atoms with Crippen molar-refractivity contribution in [3.8, 4) is 6.07 Å². The van der Waals surface area contributed by atoms with Crippen molar-refractivity contribution in [2.45, 2.75) is 20.8 Å². The monoisotopic (exact) mass is 266 g/mol. The van der Waals surface area contributed by atoms with E-state index in [1.54, 1.807) is 13.8 Å². The summed E-state index contributed by atoms with van der Waals surface area (Å²) in [6.07, 6.45) is 1.28. The summed E-state index contributed by atoms with van der Waals surface area (Å²) in [6.45, 7) is 6.08. The Bertz CT molecular complexity index is 500. The normalized spacial score (nSPS) is 10.3. The summed E-state index contributed by atoms with van der Waals surface area (Å²) in [7, 11) is 0. The molecular formula is C12H14N2O3S. The van der Waals surface area contributed by atoms with Gasteiger partial charge in [0, 0.05) is 0 Å². The van der Waals surface area contributed by atoms with Crippen LogP contribution in [0, 0.1) is 18.3 Å². The minimum Gasteiger partial charge on any atom is -0.483 e. The Labute approximate surface area is 110 Å². The molecule has 1 rings (SSSR count). The number of carbonyl (C=O) groups excluding carboxylic acids is 1. The lowest BCUT2D eigenvalue weighted by molar-refractivity contribution is 0.0531. The molecule has 6 heteroatoms. The largest absolute Gasteiger partial charge is 0.483 e. The fourth-order valence-corrected chi connectivity index (χ4v) is 2.26. The highest BCUT2D eigenvalue weighted by atomic mass is 32.1. The van der Waals surface area contributed by atoms with Gasteiger partial charge in [0.2, 0.25) is 0 Å². The van der Waals surface area contributed by atoms with Gasteiger partial charge in [0.15, 0.2) is 6.40 Å². The second-order valence-corrected chi connectivity index (χ2v) is 4.26. The molecule has 0 spiro atoms. The smallest absolute Gasteiger partial charge is 0.348 e. The minimum absolute atomic E-state index is 0.301. The molecule has 0 atom stereocenters. The van der Waals surface area contributed by atoms with E-state index in [2.05, 4.69) is 4.99 Å². The third-order valence-electron chi connectivity index (χ3n) is 2.11. The molecule has 0 aromatic carbocycles. The molecule has 1 aromatic heterocycles. The van der Waals surface area contributed by atoms with Crippen LogP contribution < -0.4 is 0 Å². The molecule has 0 aliphatic carbocycles. The fourth-order valence-electron chi connectivity index (χ4n) is 1.27. The van der Waals surface area contributed by atoms with E-state index in [0.29, 0.717) is 34.2 Å². The summed E-state index contributed by atoms with van der Waals surface area (Å²) in [4.78, 5) is 16.1. The molecule has 0 saturated heterocycles. The van der Waals surface area contributed by atoms with Gasteiger partial charge in [0.05, 0.1) is 18.8 Å². The second kappa shape index (κ2) is 6.77. The number of ether oxygens (including phenoxy) is 2. The van der Waals surface area contributed by atoms with Crippen LogP contribution in [-0.2, 0) is 9.47 Å². The molecule has 18 heavy (non-hydrogen) atoms. The van der Waals surface area contributed by atoms with Crippen LogP contribution in [0.5, 0.6) is 0 Å². The molecule has 0 fully saturated rings. The minimum atomic E-state index is -0.422. The maximum absolute atomic E-state index is 11.7. The van der Waals surface area contributed by atoms with Crippen LogP contribution in [0.1, 0.15) is 34.6 Å². The standard InChI is InChI=1S/C12H14N2O3S/c1-4-16-7-14-11-9(6-13)8(3)10(18-11)12(15)17-5-2/h7H,4-5H2,1-3H3. The maximum atomic E-state index is 11.7. The van der Waals surface area contributed by atoms with Gasteiger partial charge in [0.1, 0.15) is 15.9 Å². The number of esters is 1. The Morgan fingerprint density at radius 3 is 2.78 bits per heavy atom. The van der Waals surface area contributed by atoms with E-state index >= 15 is 0 Å². The van der Waals surface area contributed by atoms with E-state index in [9.17, 15) is 4.79 Å². The van der Waals surface area contributed by atoms with Crippen LogP contribution in [0.4, 0.5) is 5.00 Å². The SMILES string of the molecule is CCOC=Nc1sc(C(=O)OCC)c(C)c1C#N. The summed E-state index contributed by atoms with van der Waals surface area (Å²) in [5, 5.41) is 9.54. The molecule has 0 N–H and O–H groups in total. The number of hydrogen-bond acceptors (Lipinski definition) is 6. The number of carbonyl (C=O) groups is 1. The van der Waals surface area contributed by atoms with Crippen LogP contribution in [0.15, 0.2) is 4.99 Å². The number of hydrogen-bond donors (Lipinski definition) is 0. The predicted molar refractivity (Wildman–Crippen MR) is 69.5 cm³/mol. The zero-order valence-electron chi connectivity index (χ0n) is 10.5. The first-order chi connectivity index (χ1) is 8.65. The molecule has 1 heterocycles. The van der Waals surface area contributed by atoms with Crippen molar-refractivity contribution in [3.63, 3.8) is 0 Å². The van der Waals surface area contributed by atoms with E-state index in [0.717, 1.165) is 11.3 Å². The molecule has 0 radical (unpaired) electrons. The summed E-state index contributed by atoms with van der Waals surface area (Å²) in [5.41, 5.74) is 0.989. The number of thiophene rings is 1. The molecular weight excluding hydrogens is 252 g/mol. The van der Waals surface area contributed by atoms with Gasteiger partial charge in [-0.05, 0) is 26.3 Å². The summed E-state index contributed by atoms with van der Waals surface area (Å²) < 4.78 is 9.91. The van der Waals surface area contributed by atoms with Gasteiger partial charge in [-0.15, -0.1) is 11.3 Å². The first-order valence-corrected chi connectivity index (χ1v) is 6.32. The van der Waals surface area contributed by atoms with Gasteiger partial charge >= 0.3 is 5.97 Å². The van der Waals surface area contributed by atoms with Gasteiger partial charge in [-0.1, -0.05) is 0 Å². The number of nitriles is 1. The number of aliphatic imine (C=N–C) groups is 1. The molecule has 0 bridgehead atoms. The Morgan fingerprint density at radius 2 is 2.22 bits per heavy atom. The van der Waals surface area contributed by atoms with Gasteiger partial charge in [-0.3, -0.25) is 0 Å². The molecule has 0 aliphatic rings. The summed E-state index contributed by atoms with van der Waals surface area (Å²) in [5.74, 6) is -0.422. The van der Waals surface area contributed by atoms with Crippen LogP contribution >= 0.6 is 11.3 Å². The van der Waals surface area contributed by atoms with Gasteiger partial charge in [0.25, 0.3) is 0 Å². The van der Waals surface area contributed by atoms with Crippen molar-refractivity contribution in [1.82, 2.24) is 0 Å². The summed E-state index contributed by atoms with van der Waals surface area (Å²) >= 11 is 1.13. The third kappa shape index (κ3) is 3.08. The van der Waals surface area contributed by atoms with Gasteiger partial charge < -0.3 is 9.47 Å². The molecule has 0 unspecified atom stereocenters. The Kier molecular flexibility index (Phi) is 5.33. The lowest BCUT2D eigenvalue weighted by Gasteiger charge is -1.98. The average molecular weight is 266 g/mol. The quantitative estimate of drug-likeness (QED) is 0.466. The average Bonchev–Trinajstić information content (AvgIpc) is 2.66. The van der Waals surface area contributed by atoms with E-state index in [1.807, 2.05) is 13.0 Å². The topological polar surface area (TPSA) is 71.7 Å². The van der Waals surface area contributed by atoms with Crippen molar-refractivity contribution < 1.29 is 14.3 Å². The highest BCUT2D eigenvalue weighted by Crippen LogP contribution is 2.34. The fraction of sp³-hybridized carbons (Fsp3) is 0.417. The Hall–Kier alpha value is -1.87. The van der Waals surface area contributed by atoms with Crippen molar-refractivity contribution in [1.29, 1.82) is 5.26 Å². The Balaban J connectivity index is 3.10. The van der Waals surface area contributed by atoms with Crippen molar-refractivity contribution >= 4 is 28.7 Å². The lowest BCUT2D eigenvalue weighted by Crippen LogP contribution is -2.03. The van der Waals surface area contributed by atoms with E-state index < -0.39 is 5.97 Å². The molecule has 5 nitrogen and oxygen atoms in total. The van der Waals surface area contributed by atoms with Gasteiger partial charge in [-0.2, -0.15) is 5.26 Å². The van der Waals surface area contributed by atoms with Crippen LogP contribution in [-0.4, -0.2) is 25.6 Å². The van der Waals surface area contributed by atoms with Crippen molar-refractivity contribution in [2.24, 2.45) is 4.99 Å². The maximum Gasteiger partial charge on any atom is 0.348 e. The Morgan fingerprint density at radius 1 is 1.50 bits per heavy atom. The lowest BCUT2D eigenvalue weighted by atomic mass is 10.2. The first kappa shape index (κ1) is 14.2. The van der Waals surface area contributed by atoms with E-state index in [4.69, 9.17) is 14.7 Å². The van der Waals surface area contributed by atoms with Crippen LogP contribution in [0.25, 0.3) is 0 Å². The molecule has 0 aliphatic heterocycles. The van der Waals surface area contributed by atoms with Crippen molar-refractivity contribution in [2.75, 3.05) is 13.2 Å². The van der Waals surface area contributed by atoms with E-state index in [1.165, 1.54) is 6.40 Å². The molecule has 96 valence electrons. The highest BCUT2D eigenvalue weighted by Gasteiger charge is 2.20. The zero-order valence-corrected chi connectivity index (χ0v) is 11.3. The van der Waals surface area contributed by atoms with E-state index in [-0.39, 0.29) is 0 Å². The zero-order chi connectivity index (χ0) is 13.5. The number of rotatable bonds is 5.